The van der Waals surface area contributed by atoms with Crippen LogP contribution in [0.5, 0.6) is 0 Å². The molecule has 5 rings (SSSR count). The van der Waals surface area contributed by atoms with E-state index in [9.17, 15) is 18.5 Å². The number of nitrogens with zero attached hydrogens (tertiary/aromatic N) is 5. The van der Waals surface area contributed by atoms with E-state index in [-0.39, 0.29) is 22.9 Å². The predicted octanol–water partition coefficient (Wildman–Crippen LogP) is 4.47. The average Bonchev–Trinajstić information content (AvgIpc) is 2.96. The van der Waals surface area contributed by atoms with Gasteiger partial charge in [0.2, 0.25) is 16.0 Å². The number of pyridine rings is 1. The Bertz CT molecular complexity index is 1980. The second kappa shape index (κ2) is 10.7. The van der Waals surface area contributed by atoms with Crippen molar-refractivity contribution in [3.05, 3.63) is 107 Å². The van der Waals surface area contributed by atoms with Gasteiger partial charge in [-0.2, -0.15) is 10.2 Å². The van der Waals surface area contributed by atoms with Crippen molar-refractivity contribution >= 4 is 38.2 Å². The Labute approximate surface area is 237 Å². The molecule has 1 atom stereocenters. The lowest BCUT2D eigenvalue weighted by Gasteiger charge is -2.22. The standard InChI is InChI=1S/C30H27N7O3S/c1-19(34-28-22(17-31)18-33-30(32)35-28)26-16-21-10-8-14-25(20-9-7-13-24(15-20)36(2)41(3,39)40)27(21)29(38)37(26)23-11-5-4-6-12-23/h4-16,18-19H,1-3H3,(H3,32,33,34,35). The number of hydrogen-bond acceptors (Lipinski definition) is 8. The number of nitrogens with one attached hydrogen (secondary N) is 1. The second-order valence-electron chi connectivity index (χ2n) is 9.56. The number of aromatic nitrogens is 3. The fourth-order valence-corrected chi connectivity index (χ4v) is 5.21. The molecule has 10 nitrogen and oxygen atoms in total. The molecular weight excluding hydrogens is 538 g/mol. The maximum Gasteiger partial charge on any atom is 0.263 e. The molecule has 5 aromatic rings. The zero-order valence-electron chi connectivity index (χ0n) is 22.6. The molecule has 0 aliphatic rings. The smallest absolute Gasteiger partial charge is 0.263 e. The molecule has 41 heavy (non-hydrogen) atoms. The van der Waals surface area contributed by atoms with Gasteiger partial charge in [-0.05, 0) is 53.8 Å². The summed E-state index contributed by atoms with van der Waals surface area (Å²) in [4.78, 5) is 22.5. The number of rotatable bonds is 7. The largest absolute Gasteiger partial charge is 0.368 e. The highest BCUT2D eigenvalue weighted by Crippen LogP contribution is 2.32. The lowest BCUT2D eigenvalue weighted by atomic mass is 9.97. The zero-order valence-corrected chi connectivity index (χ0v) is 23.4. The normalized spacial score (nSPS) is 12.0. The van der Waals surface area contributed by atoms with Crippen molar-refractivity contribution in [2.75, 3.05) is 28.7 Å². The summed E-state index contributed by atoms with van der Waals surface area (Å²) in [5, 5.41) is 14.0. The summed E-state index contributed by atoms with van der Waals surface area (Å²) < 4.78 is 27.2. The average molecular weight is 566 g/mol. The number of hydrogen-bond donors (Lipinski definition) is 2. The summed E-state index contributed by atoms with van der Waals surface area (Å²) in [6.07, 6.45) is 2.49. The van der Waals surface area contributed by atoms with Crippen molar-refractivity contribution in [2.45, 2.75) is 13.0 Å². The molecule has 2 aromatic heterocycles. The van der Waals surface area contributed by atoms with E-state index in [0.29, 0.717) is 39.0 Å². The van der Waals surface area contributed by atoms with Crippen LogP contribution in [0.2, 0.25) is 0 Å². The Kier molecular flexibility index (Phi) is 7.17. The molecule has 0 aliphatic carbocycles. The molecule has 0 fully saturated rings. The van der Waals surface area contributed by atoms with E-state index in [0.717, 1.165) is 6.26 Å². The van der Waals surface area contributed by atoms with Gasteiger partial charge < -0.3 is 11.1 Å². The molecule has 3 N–H and O–H groups in total. The SMILES string of the molecule is CC(Nc1nc(N)ncc1C#N)c1cc2cccc(-c3cccc(N(C)S(C)(=O)=O)c3)c2c(=O)n1-c1ccccc1. The van der Waals surface area contributed by atoms with E-state index in [1.807, 2.05) is 67.6 Å². The molecule has 0 radical (unpaired) electrons. The number of fused-ring (bicyclic) bond motifs is 1. The number of nitrogen functional groups attached to an aromatic ring is 1. The minimum atomic E-state index is -3.47. The quantitative estimate of drug-likeness (QED) is 0.294. The summed E-state index contributed by atoms with van der Waals surface area (Å²) >= 11 is 0. The van der Waals surface area contributed by atoms with Crippen LogP contribution in [0.15, 0.2) is 89.9 Å². The number of nitrogens with two attached hydrogens (primary N) is 1. The minimum absolute atomic E-state index is 0.0195. The van der Waals surface area contributed by atoms with Gasteiger partial charge in [-0.25, -0.2) is 13.4 Å². The summed E-state index contributed by atoms with van der Waals surface area (Å²) in [7, 11) is -1.98. The van der Waals surface area contributed by atoms with E-state index in [2.05, 4.69) is 21.4 Å². The van der Waals surface area contributed by atoms with Crippen molar-refractivity contribution < 1.29 is 8.42 Å². The lowest BCUT2D eigenvalue weighted by molar-refractivity contribution is 0.600. The van der Waals surface area contributed by atoms with Crippen LogP contribution < -0.4 is 20.9 Å². The Balaban J connectivity index is 1.73. The molecule has 3 aromatic carbocycles. The minimum Gasteiger partial charge on any atom is -0.368 e. The van der Waals surface area contributed by atoms with Crippen molar-refractivity contribution in [3.8, 4) is 22.9 Å². The van der Waals surface area contributed by atoms with Crippen LogP contribution in [0.25, 0.3) is 27.6 Å². The Hall–Kier alpha value is -5.21. The molecule has 206 valence electrons. The third kappa shape index (κ3) is 5.33. The summed E-state index contributed by atoms with van der Waals surface area (Å²) in [6.45, 7) is 1.87. The van der Waals surface area contributed by atoms with Crippen LogP contribution in [-0.2, 0) is 10.0 Å². The summed E-state index contributed by atoms with van der Waals surface area (Å²) in [5.41, 5.74) is 8.90. The molecule has 0 bridgehead atoms. The van der Waals surface area contributed by atoms with Gasteiger partial charge in [-0.3, -0.25) is 13.7 Å². The highest BCUT2D eigenvalue weighted by atomic mass is 32.2. The highest BCUT2D eigenvalue weighted by molar-refractivity contribution is 7.92. The molecule has 2 heterocycles. The van der Waals surface area contributed by atoms with Gasteiger partial charge in [0.25, 0.3) is 5.56 Å². The van der Waals surface area contributed by atoms with Crippen LogP contribution >= 0.6 is 0 Å². The van der Waals surface area contributed by atoms with E-state index >= 15 is 0 Å². The first kappa shape index (κ1) is 27.4. The molecule has 0 saturated heterocycles. The van der Waals surface area contributed by atoms with Crippen LogP contribution in [-0.4, -0.2) is 36.3 Å². The van der Waals surface area contributed by atoms with Gasteiger partial charge in [0.15, 0.2) is 0 Å². The van der Waals surface area contributed by atoms with Crippen LogP contribution in [0.1, 0.15) is 24.2 Å². The summed E-state index contributed by atoms with van der Waals surface area (Å²) in [6, 6.07) is 25.4. The van der Waals surface area contributed by atoms with E-state index in [1.165, 1.54) is 17.5 Å². The first-order valence-corrected chi connectivity index (χ1v) is 14.5. The van der Waals surface area contributed by atoms with Crippen LogP contribution in [0, 0.1) is 11.3 Å². The zero-order chi connectivity index (χ0) is 29.3. The fraction of sp³-hybridized carbons (Fsp3) is 0.133. The fourth-order valence-electron chi connectivity index (χ4n) is 4.71. The van der Waals surface area contributed by atoms with Gasteiger partial charge in [-0.15, -0.1) is 0 Å². The van der Waals surface area contributed by atoms with Crippen molar-refractivity contribution in [1.82, 2.24) is 14.5 Å². The number of benzene rings is 3. The highest BCUT2D eigenvalue weighted by Gasteiger charge is 2.21. The Morgan fingerprint density at radius 2 is 1.78 bits per heavy atom. The predicted molar refractivity (Wildman–Crippen MR) is 161 cm³/mol. The van der Waals surface area contributed by atoms with E-state index in [1.54, 1.807) is 22.8 Å². The van der Waals surface area contributed by atoms with Gasteiger partial charge in [0.1, 0.15) is 17.5 Å². The monoisotopic (exact) mass is 565 g/mol. The Morgan fingerprint density at radius 3 is 2.49 bits per heavy atom. The van der Waals surface area contributed by atoms with Crippen LogP contribution in [0.4, 0.5) is 17.5 Å². The number of anilines is 3. The number of nitriles is 1. The van der Waals surface area contributed by atoms with Gasteiger partial charge in [-0.1, -0.05) is 48.5 Å². The van der Waals surface area contributed by atoms with Crippen LogP contribution in [0.3, 0.4) is 0 Å². The maximum atomic E-state index is 14.4. The van der Waals surface area contributed by atoms with Gasteiger partial charge in [0, 0.05) is 18.4 Å². The van der Waals surface area contributed by atoms with Gasteiger partial charge >= 0.3 is 0 Å². The molecule has 0 saturated carbocycles. The topological polar surface area (TPSA) is 147 Å². The third-order valence-corrected chi connectivity index (χ3v) is 8.04. The molecule has 11 heteroatoms. The lowest BCUT2D eigenvalue weighted by Crippen LogP contribution is -2.26. The maximum absolute atomic E-state index is 14.4. The van der Waals surface area contributed by atoms with E-state index < -0.39 is 16.1 Å². The van der Waals surface area contributed by atoms with Gasteiger partial charge in [0.05, 0.1) is 29.6 Å². The number of sulfonamides is 1. The van der Waals surface area contributed by atoms with Crippen molar-refractivity contribution in [3.63, 3.8) is 0 Å². The molecule has 1 unspecified atom stereocenters. The summed E-state index contributed by atoms with van der Waals surface area (Å²) in [5.74, 6) is 0.284. The van der Waals surface area contributed by atoms with E-state index in [4.69, 9.17) is 5.73 Å². The van der Waals surface area contributed by atoms with Crippen molar-refractivity contribution in [1.29, 1.82) is 5.26 Å². The molecule has 0 amide bonds. The number of para-hydroxylation sites is 1. The Morgan fingerprint density at radius 1 is 1.05 bits per heavy atom. The molecular formula is C30H27N7O3S. The third-order valence-electron chi connectivity index (χ3n) is 6.83. The van der Waals surface area contributed by atoms with Crippen molar-refractivity contribution in [2.24, 2.45) is 0 Å². The first-order chi connectivity index (χ1) is 19.6. The first-order valence-electron chi connectivity index (χ1n) is 12.7. The second-order valence-corrected chi connectivity index (χ2v) is 11.6. The molecule has 0 spiro atoms. The molecule has 0 aliphatic heterocycles.